The second-order valence-corrected chi connectivity index (χ2v) is 6.84. The zero-order chi connectivity index (χ0) is 21.8. The highest BCUT2D eigenvalue weighted by atomic mass is 19.1. The lowest BCUT2D eigenvalue weighted by Crippen LogP contribution is -2.20. The van der Waals surface area contributed by atoms with Gasteiger partial charge in [0.05, 0.1) is 20.8 Å². The standard InChI is InChI=1S/C24H21FO6/c1-27-19-9-6-10-20(28-2)21(19)23(26)29-13-16-11-18(25)12-17-14-30-24(31-22(16)17)15-7-4-3-5-8-15/h3-12,24H,13-14H2,1-2H3/t24-/m0/s1. The van der Waals surface area contributed by atoms with Crippen molar-refractivity contribution in [2.24, 2.45) is 0 Å². The van der Waals surface area contributed by atoms with Crippen molar-refractivity contribution in [2.75, 3.05) is 14.2 Å². The van der Waals surface area contributed by atoms with E-state index in [0.29, 0.717) is 28.4 Å². The largest absolute Gasteiger partial charge is 0.496 e. The Bertz CT molecular complexity index is 1060. The van der Waals surface area contributed by atoms with Crippen molar-refractivity contribution in [3.8, 4) is 17.2 Å². The molecule has 0 spiro atoms. The number of carbonyl (C=O) groups excluding carboxylic acids is 1. The van der Waals surface area contributed by atoms with E-state index in [1.807, 2.05) is 30.3 Å². The molecule has 0 unspecified atom stereocenters. The van der Waals surface area contributed by atoms with Gasteiger partial charge in [-0.1, -0.05) is 36.4 Å². The van der Waals surface area contributed by atoms with Crippen molar-refractivity contribution in [3.05, 3.63) is 88.7 Å². The van der Waals surface area contributed by atoms with Gasteiger partial charge >= 0.3 is 5.97 Å². The van der Waals surface area contributed by atoms with Gasteiger partial charge in [0.15, 0.2) is 0 Å². The van der Waals surface area contributed by atoms with Gasteiger partial charge in [0.2, 0.25) is 6.29 Å². The van der Waals surface area contributed by atoms with Crippen molar-refractivity contribution >= 4 is 5.97 Å². The Labute approximate surface area is 179 Å². The first-order valence-corrected chi connectivity index (χ1v) is 9.63. The number of hydrogen-bond donors (Lipinski definition) is 0. The molecule has 0 amide bonds. The van der Waals surface area contributed by atoms with Crippen LogP contribution in [0.4, 0.5) is 4.39 Å². The minimum Gasteiger partial charge on any atom is -0.496 e. The molecular weight excluding hydrogens is 403 g/mol. The summed E-state index contributed by atoms with van der Waals surface area (Å²) in [5.74, 6) is -0.0378. The van der Waals surface area contributed by atoms with Gasteiger partial charge in [-0.05, 0) is 24.3 Å². The van der Waals surface area contributed by atoms with E-state index in [-0.39, 0.29) is 18.8 Å². The van der Waals surface area contributed by atoms with Crippen LogP contribution in [0.1, 0.15) is 33.3 Å². The number of carbonyl (C=O) groups is 1. The van der Waals surface area contributed by atoms with Crippen molar-refractivity contribution in [1.29, 1.82) is 0 Å². The first-order chi connectivity index (χ1) is 15.1. The summed E-state index contributed by atoms with van der Waals surface area (Å²) < 4.78 is 41.9. The van der Waals surface area contributed by atoms with E-state index in [9.17, 15) is 9.18 Å². The van der Waals surface area contributed by atoms with Crippen molar-refractivity contribution in [2.45, 2.75) is 19.5 Å². The number of benzene rings is 3. The highest BCUT2D eigenvalue weighted by Gasteiger charge is 2.26. The molecule has 160 valence electrons. The summed E-state index contributed by atoms with van der Waals surface area (Å²) in [6.45, 7) is -0.0183. The van der Waals surface area contributed by atoms with E-state index < -0.39 is 18.1 Å². The summed E-state index contributed by atoms with van der Waals surface area (Å²) in [6.07, 6.45) is -0.636. The van der Waals surface area contributed by atoms with Gasteiger partial charge in [0.25, 0.3) is 0 Å². The van der Waals surface area contributed by atoms with Crippen LogP contribution in [0.5, 0.6) is 17.2 Å². The second-order valence-electron chi connectivity index (χ2n) is 6.84. The van der Waals surface area contributed by atoms with Gasteiger partial charge in [-0.15, -0.1) is 0 Å². The number of ether oxygens (including phenoxy) is 5. The van der Waals surface area contributed by atoms with E-state index in [1.54, 1.807) is 18.2 Å². The number of halogens is 1. The zero-order valence-electron chi connectivity index (χ0n) is 17.1. The predicted octanol–water partition coefficient (Wildman–Crippen LogP) is 4.81. The molecule has 6 nitrogen and oxygen atoms in total. The number of fused-ring (bicyclic) bond motifs is 1. The van der Waals surface area contributed by atoms with Crippen LogP contribution < -0.4 is 14.2 Å². The van der Waals surface area contributed by atoms with Crippen molar-refractivity contribution < 1.29 is 32.9 Å². The molecule has 3 aromatic carbocycles. The zero-order valence-corrected chi connectivity index (χ0v) is 17.1. The summed E-state index contributed by atoms with van der Waals surface area (Å²) in [4.78, 5) is 12.8. The molecule has 3 aromatic rings. The normalized spacial score (nSPS) is 14.9. The lowest BCUT2D eigenvalue weighted by atomic mass is 10.1. The molecule has 0 bridgehead atoms. The summed E-state index contributed by atoms with van der Waals surface area (Å²) in [5, 5.41) is 0. The molecule has 4 rings (SSSR count). The van der Waals surface area contributed by atoms with Crippen LogP contribution in [0.3, 0.4) is 0 Å². The Morgan fingerprint density at radius 1 is 1.03 bits per heavy atom. The third kappa shape index (κ3) is 4.32. The average molecular weight is 424 g/mol. The van der Waals surface area contributed by atoms with Crippen LogP contribution in [0.2, 0.25) is 0 Å². The first kappa shape index (κ1) is 20.7. The fraction of sp³-hybridized carbons (Fsp3) is 0.208. The quantitative estimate of drug-likeness (QED) is 0.530. The molecular formula is C24H21FO6. The summed E-state index contributed by atoms with van der Waals surface area (Å²) in [7, 11) is 2.90. The number of rotatable bonds is 6. The fourth-order valence-electron chi connectivity index (χ4n) is 3.43. The van der Waals surface area contributed by atoms with Gasteiger partial charge in [-0.25, -0.2) is 9.18 Å². The second kappa shape index (κ2) is 9.06. The van der Waals surface area contributed by atoms with Crippen LogP contribution >= 0.6 is 0 Å². The lowest BCUT2D eigenvalue weighted by Gasteiger charge is -2.28. The molecule has 0 aliphatic carbocycles. The monoisotopic (exact) mass is 424 g/mol. The lowest BCUT2D eigenvalue weighted by molar-refractivity contribution is -0.112. The molecule has 1 heterocycles. The summed E-state index contributed by atoms with van der Waals surface area (Å²) in [5.41, 5.74) is 1.94. The van der Waals surface area contributed by atoms with Gasteiger partial charge in [0, 0.05) is 16.7 Å². The summed E-state index contributed by atoms with van der Waals surface area (Å²) in [6, 6.07) is 17.0. The Hall–Kier alpha value is -3.58. The molecule has 0 aromatic heterocycles. The van der Waals surface area contributed by atoms with E-state index in [0.717, 1.165) is 5.56 Å². The van der Waals surface area contributed by atoms with Crippen LogP contribution in [-0.2, 0) is 22.7 Å². The van der Waals surface area contributed by atoms with Crippen LogP contribution in [0.25, 0.3) is 0 Å². The highest BCUT2D eigenvalue weighted by molar-refractivity contribution is 5.95. The van der Waals surface area contributed by atoms with Gasteiger partial charge in [0.1, 0.15) is 35.2 Å². The smallest absolute Gasteiger partial charge is 0.346 e. The molecule has 1 atom stereocenters. The Kier molecular flexibility index (Phi) is 6.04. The molecule has 0 N–H and O–H groups in total. The average Bonchev–Trinajstić information content (AvgIpc) is 2.81. The van der Waals surface area contributed by atoms with Crippen LogP contribution in [0, 0.1) is 5.82 Å². The van der Waals surface area contributed by atoms with E-state index in [2.05, 4.69) is 0 Å². The predicted molar refractivity (Wildman–Crippen MR) is 110 cm³/mol. The van der Waals surface area contributed by atoms with Crippen LogP contribution in [0.15, 0.2) is 60.7 Å². The third-order valence-electron chi connectivity index (χ3n) is 4.89. The van der Waals surface area contributed by atoms with E-state index in [1.165, 1.54) is 26.4 Å². The molecule has 0 radical (unpaired) electrons. The molecule has 31 heavy (non-hydrogen) atoms. The van der Waals surface area contributed by atoms with Gasteiger partial charge < -0.3 is 23.7 Å². The number of esters is 1. The van der Waals surface area contributed by atoms with E-state index >= 15 is 0 Å². The van der Waals surface area contributed by atoms with Crippen LogP contribution in [-0.4, -0.2) is 20.2 Å². The third-order valence-corrected chi connectivity index (χ3v) is 4.89. The van der Waals surface area contributed by atoms with Crippen molar-refractivity contribution in [1.82, 2.24) is 0 Å². The topological polar surface area (TPSA) is 63.2 Å². The maximum absolute atomic E-state index is 14.2. The molecule has 0 saturated carbocycles. The highest BCUT2D eigenvalue weighted by Crippen LogP contribution is 2.37. The Morgan fingerprint density at radius 3 is 2.42 bits per heavy atom. The Balaban J connectivity index is 1.58. The maximum Gasteiger partial charge on any atom is 0.346 e. The molecule has 1 aliphatic rings. The fourth-order valence-corrected chi connectivity index (χ4v) is 3.43. The maximum atomic E-state index is 14.2. The van der Waals surface area contributed by atoms with Gasteiger partial charge in [-0.2, -0.15) is 0 Å². The molecule has 0 fully saturated rings. The van der Waals surface area contributed by atoms with Crippen molar-refractivity contribution in [3.63, 3.8) is 0 Å². The summed E-state index contributed by atoms with van der Waals surface area (Å²) >= 11 is 0. The number of methoxy groups -OCH3 is 2. The molecule has 1 aliphatic heterocycles. The number of hydrogen-bond acceptors (Lipinski definition) is 6. The first-order valence-electron chi connectivity index (χ1n) is 9.63. The van der Waals surface area contributed by atoms with Gasteiger partial charge in [-0.3, -0.25) is 0 Å². The minimum atomic E-state index is -0.654. The van der Waals surface area contributed by atoms with E-state index in [4.69, 9.17) is 23.7 Å². The molecule has 0 saturated heterocycles. The molecule has 7 heteroatoms. The SMILES string of the molecule is COc1cccc(OC)c1C(=O)OCc1cc(F)cc2c1O[C@@H](c1ccccc1)OC2. The minimum absolute atomic E-state index is 0.157. The Morgan fingerprint density at radius 2 is 1.74 bits per heavy atom.